The van der Waals surface area contributed by atoms with Gasteiger partial charge < -0.3 is 4.74 Å². The fraction of sp³-hybridized carbons (Fsp3) is 0.333. The van der Waals surface area contributed by atoms with Crippen molar-refractivity contribution in [2.75, 3.05) is 7.11 Å². The van der Waals surface area contributed by atoms with E-state index in [1.54, 1.807) is 24.3 Å². The lowest BCUT2D eigenvalue weighted by atomic mass is 9.77. The van der Waals surface area contributed by atoms with Crippen LogP contribution in [0.5, 0.6) is 5.75 Å². The van der Waals surface area contributed by atoms with Crippen LogP contribution in [0, 0.1) is 16.0 Å². The molecule has 4 rings (SSSR count). The zero-order valence-electron chi connectivity index (χ0n) is 15.8. The van der Waals surface area contributed by atoms with Gasteiger partial charge in [0.1, 0.15) is 5.75 Å². The molecule has 2 aliphatic rings. The van der Waals surface area contributed by atoms with Crippen molar-refractivity contribution >= 4 is 17.3 Å². The van der Waals surface area contributed by atoms with Gasteiger partial charge in [-0.05, 0) is 42.2 Å². The van der Waals surface area contributed by atoms with Crippen molar-refractivity contribution in [1.29, 1.82) is 0 Å². The lowest BCUT2D eigenvalue weighted by molar-refractivity contribution is -0.384. The normalized spacial score (nSPS) is 20.2. The maximum Gasteiger partial charge on any atom is 0.269 e. The summed E-state index contributed by atoms with van der Waals surface area (Å²) in [4.78, 5) is 23.2. The van der Waals surface area contributed by atoms with Crippen molar-refractivity contribution in [3.8, 4) is 5.75 Å². The number of ether oxygens (including phenoxy) is 1. The number of benzene rings is 2. The summed E-state index contributed by atoms with van der Waals surface area (Å²) in [7, 11) is 1.65. The van der Waals surface area contributed by atoms with E-state index in [1.165, 1.54) is 17.7 Å². The van der Waals surface area contributed by atoms with Crippen LogP contribution in [0.1, 0.15) is 42.5 Å². The number of rotatable bonds is 4. The number of hydrogen-bond acceptors (Lipinski definition) is 5. The summed E-state index contributed by atoms with van der Waals surface area (Å²) in [6, 6.07) is 12.2. The van der Waals surface area contributed by atoms with Gasteiger partial charge in [-0.3, -0.25) is 14.9 Å². The SMILES string of the molecule is CCC(=O)N1N=C2c3ccc(OC)cc3CC[C@H]2[C@@H]1c1ccc([N+](=O)[O-])cc1. The molecule has 0 unspecified atom stereocenters. The maximum absolute atomic E-state index is 12.6. The summed E-state index contributed by atoms with van der Waals surface area (Å²) in [5, 5.41) is 17.3. The van der Waals surface area contributed by atoms with E-state index < -0.39 is 4.92 Å². The molecule has 0 radical (unpaired) electrons. The highest BCUT2D eigenvalue weighted by molar-refractivity contribution is 6.07. The molecule has 0 spiro atoms. The van der Waals surface area contributed by atoms with Gasteiger partial charge in [-0.15, -0.1) is 0 Å². The predicted octanol–water partition coefficient (Wildman–Crippen LogP) is 3.86. The quantitative estimate of drug-likeness (QED) is 0.596. The van der Waals surface area contributed by atoms with Gasteiger partial charge in [-0.2, -0.15) is 5.10 Å². The Morgan fingerprint density at radius 1 is 1.29 bits per heavy atom. The first-order chi connectivity index (χ1) is 13.5. The topological polar surface area (TPSA) is 85.0 Å². The second-order valence-corrected chi connectivity index (χ2v) is 7.04. The molecule has 144 valence electrons. The molecule has 2 aromatic rings. The summed E-state index contributed by atoms with van der Waals surface area (Å²) in [5.74, 6) is 0.822. The maximum atomic E-state index is 12.6. The Morgan fingerprint density at radius 2 is 2.04 bits per heavy atom. The van der Waals surface area contributed by atoms with E-state index in [0.29, 0.717) is 6.42 Å². The zero-order valence-corrected chi connectivity index (χ0v) is 15.8. The van der Waals surface area contributed by atoms with E-state index >= 15 is 0 Å². The molecule has 0 saturated carbocycles. The second kappa shape index (κ2) is 7.07. The number of nitrogens with zero attached hydrogens (tertiary/aromatic N) is 3. The molecule has 7 heteroatoms. The number of nitro groups is 1. The standard InChI is InChI=1S/C21H21N3O4/c1-3-19(25)23-21(13-4-7-15(8-5-13)24(26)27)18-10-6-14-12-16(28-2)9-11-17(14)20(18)22-23/h4-5,7-9,11-12,18,21H,3,6,10H2,1-2H3/t18-,21+/m1/s1. The van der Waals surface area contributed by atoms with Crippen molar-refractivity contribution in [1.82, 2.24) is 5.01 Å². The van der Waals surface area contributed by atoms with Crippen LogP contribution in [0.2, 0.25) is 0 Å². The fourth-order valence-electron chi connectivity index (χ4n) is 4.13. The van der Waals surface area contributed by atoms with Crippen LogP contribution in [0.25, 0.3) is 0 Å². The highest BCUT2D eigenvalue weighted by Crippen LogP contribution is 2.44. The minimum Gasteiger partial charge on any atom is -0.497 e. The minimum absolute atomic E-state index is 0.0392. The Hall–Kier alpha value is -3.22. The third-order valence-corrected chi connectivity index (χ3v) is 5.53. The van der Waals surface area contributed by atoms with E-state index in [4.69, 9.17) is 9.84 Å². The molecule has 0 N–H and O–H groups in total. The first kappa shape index (κ1) is 18.2. The Balaban J connectivity index is 1.75. The molecule has 2 atom stereocenters. The van der Waals surface area contributed by atoms with Crippen molar-refractivity contribution in [3.05, 3.63) is 69.3 Å². The summed E-state index contributed by atoms with van der Waals surface area (Å²) in [6.45, 7) is 1.82. The zero-order chi connectivity index (χ0) is 19.8. The van der Waals surface area contributed by atoms with Crippen LogP contribution in [0.3, 0.4) is 0 Å². The molecule has 1 aliphatic carbocycles. The van der Waals surface area contributed by atoms with Gasteiger partial charge in [0.25, 0.3) is 5.69 Å². The lowest BCUT2D eigenvalue weighted by Gasteiger charge is -2.29. The Labute approximate surface area is 162 Å². The van der Waals surface area contributed by atoms with Crippen LogP contribution in [-0.2, 0) is 11.2 Å². The number of carbonyl (C=O) groups is 1. The van der Waals surface area contributed by atoms with Crippen LogP contribution >= 0.6 is 0 Å². The molecule has 1 aliphatic heterocycles. The highest BCUT2D eigenvalue weighted by atomic mass is 16.6. The molecule has 28 heavy (non-hydrogen) atoms. The first-order valence-corrected chi connectivity index (χ1v) is 9.35. The summed E-state index contributed by atoms with van der Waals surface area (Å²) >= 11 is 0. The number of fused-ring (bicyclic) bond motifs is 3. The monoisotopic (exact) mass is 379 g/mol. The van der Waals surface area contributed by atoms with Crippen LogP contribution in [0.15, 0.2) is 47.6 Å². The van der Waals surface area contributed by atoms with E-state index in [0.717, 1.165) is 35.4 Å². The summed E-state index contributed by atoms with van der Waals surface area (Å²) < 4.78 is 5.33. The molecular weight excluding hydrogens is 358 g/mol. The average Bonchev–Trinajstić information content (AvgIpc) is 3.12. The van der Waals surface area contributed by atoms with E-state index in [2.05, 4.69) is 0 Å². The van der Waals surface area contributed by atoms with Gasteiger partial charge in [-0.25, -0.2) is 5.01 Å². The number of hydrogen-bond donors (Lipinski definition) is 0. The molecule has 0 saturated heterocycles. The van der Waals surface area contributed by atoms with Crippen molar-refractivity contribution in [2.24, 2.45) is 11.0 Å². The fourth-order valence-corrected chi connectivity index (χ4v) is 4.13. The van der Waals surface area contributed by atoms with Crippen LogP contribution < -0.4 is 4.74 Å². The molecule has 0 fully saturated rings. The van der Waals surface area contributed by atoms with Gasteiger partial charge in [0.05, 0.1) is 23.8 Å². The number of nitro benzene ring substituents is 1. The lowest BCUT2D eigenvalue weighted by Crippen LogP contribution is -2.31. The Bertz CT molecular complexity index is 968. The van der Waals surface area contributed by atoms with Crippen molar-refractivity contribution in [3.63, 3.8) is 0 Å². The van der Waals surface area contributed by atoms with Crippen molar-refractivity contribution < 1.29 is 14.5 Å². The van der Waals surface area contributed by atoms with Crippen LogP contribution in [-0.4, -0.2) is 28.7 Å². The van der Waals surface area contributed by atoms with E-state index in [1.807, 2.05) is 25.1 Å². The molecule has 2 aromatic carbocycles. The third-order valence-electron chi connectivity index (χ3n) is 5.53. The van der Waals surface area contributed by atoms with Crippen molar-refractivity contribution in [2.45, 2.75) is 32.2 Å². The Morgan fingerprint density at radius 3 is 2.68 bits per heavy atom. The number of amides is 1. The van der Waals surface area contributed by atoms with Crippen LogP contribution in [0.4, 0.5) is 5.69 Å². The number of aryl methyl sites for hydroxylation is 1. The molecule has 1 amide bonds. The van der Waals surface area contributed by atoms with Gasteiger partial charge in [-0.1, -0.05) is 19.1 Å². The molecular formula is C21H21N3O4. The molecule has 7 nitrogen and oxygen atoms in total. The Kier molecular flexibility index (Phi) is 4.58. The summed E-state index contributed by atoms with van der Waals surface area (Å²) in [6.07, 6.45) is 2.07. The molecule has 1 heterocycles. The average molecular weight is 379 g/mol. The second-order valence-electron chi connectivity index (χ2n) is 7.04. The number of non-ortho nitro benzene ring substituents is 1. The smallest absolute Gasteiger partial charge is 0.269 e. The van der Waals surface area contributed by atoms with Gasteiger partial charge in [0.15, 0.2) is 0 Å². The number of hydrazone groups is 1. The molecule has 0 bridgehead atoms. The molecule has 0 aromatic heterocycles. The largest absolute Gasteiger partial charge is 0.497 e. The number of methoxy groups -OCH3 is 1. The van der Waals surface area contributed by atoms with E-state index in [-0.39, 0.29) is 23.6 Å². The van der Waals surface area contributed by atoms with Gasteiger partial charge >= 0.3 is 0 Å². The third kappa shape index (κ3) is 2.93. The number of carbonyl (C=O) groups excluding carboxylic acids is 1. The predicted molar refractivity (Wildman–Crippen MR) is 104 cm³/mol. The van der Waals surface area contributed by atoms with E-state index in [9.17, 15) is 14.9 Å². The minimum atomic E-state index is -0.417. The summed E-state index contributed by atoms with van der Waals surface area (Å²) in [5.41, 5.74) is 4.04. The highest BCUT2D eigenvalue weighted by Gasteiger charge is 2.43. The van der Waals surface area contributed by atoms with Gasteiger partial charge in [0, 0.05) is 30.0 Å². The first-order valence-electron chi connectivity index (χ1n) is 9.35. The van der Waals surface area contributed by atoms with Gasteiger partial charge in [0.2, 0.25) is 5.91 Å².